The summed E-state index contributed by atoms with van der Waals surface area (Å²) in [4.78, 5) is 8.28. The summed E-state index contributed by atoms with van der Waals surface area (Å²) >= 11 is 0. The van der Waals surface area contributed by atoms with Gasteiger partial charge in [0.05, 0.1) is 17.6 Å². The number of hydrogen-bond acceptors (Lipinski definition) is 5. The fourth-order valence-electron chi connectivity index (χ4n) is 2.23. The van der Waals surface area contributed by atoms with Crippen LogP contribution in [-0.2, 0) is 0 Å². The van der Waals surface area contributed by atoms with Crippen molar-refractivity contribution in [3.8, 4) is 5.82 Å². The van der Waals surface area contributed by atoms with Crippen molar-refractivity contribution in [2.45, 2.75) is 0 Å². The van der Waals surface area contributed by atoms with Crippen LogP contribution in [0.15, 0.2) is 92.2 Å². The third-order valence-corrected chi connectivity index (χ3v) is 3.60. The summed E-state index contributed by atoms with van der Waals surface area (Å²) in [5.74, 6) is 6.72. The third-order valence-electron chi connectivity index (χ3n) is 3.60. The Bertz CT molecular complexity index is 896. The molecule has 0 spiro atoms. The summed E-state index contributed by atoms with van der Waals surface area (Å²) in [6, 6.07) is 11.2. The lowest BCUT2D eigenvalue weighted by Crippen LogP contribution is -2.23. The molecule has 3 rings (SSSR count). The van der Waals surface area contributed by atoms with Crippen LogP contribution < -0.4 is 10.9 Å². The zero-order valence-electron chi connectivity index (χ0n) is 13.7. The van der Waals surface area contributed by atoms with E-state index in [1.54, 1.807) is 41.7 Å². The van der Waals surface area contributed by atoms with Crippen molar-refractivity contribution < 1.29 is 0 Å². The van der Waals surface area contributed by atoms with Crippen LogP contribution in [0.1, 0.15) is 5.69 Å². The highest BCUT2D eigenvalue weighted by atomic mass is 15.4. The Hall–Kier alpha value is -3.51. The molecule has 0 fully saturated rings. The van der Waals surface area contributed by atoms with Crippen LogP contribution in [0.25, 0.3) is 11.4 Å². The van der Waals surface area contributed by atoms with E-state index in [4.69, 9.17) is 5.84 Å². The Morgan fingerprint density at radius 1 is 1.04 bits per heavy atom. The minimum absolute atomic E-state index is 0.720. The van der Waals surface area contributed by atoms with E-state index in [-0.39, 0.29) is 0 Å². The van der Waals surface area contributed by atoms with Gasteiger partial charge in [-0.15, -0.1) is 0 Å². The summed E-state index contributed by atoms with van der Waals surface area (Å²) in [5.41, 5.74) is 3.11. The van der Waals surface area contributed by atoms with E-state index in [2.05, 4.69) is 28.2 Å². The number of hydrazine groups is 1. The van der Waals surface area contributed by atoms with Crippen molar-refractivity contribution in [3.63, 3.8) is 0 Å². The van der Waals surface area contributed by atoms with Crippen LogP contribution in [-0.4, -0.2) is 19.7 Å². The van der Waals surface area contributed by atoms with Gasteiger partial charge >= 0.3 is 0 Å². The predicted octanol–water partition coefficient (Wildman–Crippen LogP) is 3.13. The Kier molecular flexibility index (Phi) is 4.82. The zero-order chi connectivity index (χ0) is 17.6. The Labute approximate surface area is 146 Å². The van der Waals surface area contributed by atoms with Crippen LogP contribution in [0.3, 0.4) is 0 Å². The highest BCUT2D eigenvalue weighted by Gasteiger charge is 2.10. The Balaban J connectivity index is 1.77. The Morgan fingerprint density at radius 2 is 1.84 bits per heavy atom. The van der Waals surface area contributed by atoms with Crippen LogP contribution in [0.4, 0.5) is 5.69 Å². The van der Waals surface area contributed by atoms with Crippen LogP contribution in [0.5, 0.6) is 0 Å². The Morgan fingerprint density at radius 3 is 2.56 bits per heavy atom. The number of anilines is 1. The second-order valence-corrected chi connectivity index (χ2v) is 5.25. The number of allylic oxidation sites excluding steroid dienone is 3. The van der Waals surface area contributed by atoms with Gasteiger partial charge in [-0.2, -0.15) is 5.10 Å². The first-order valence-electron chi connectivity index (χ1n) is 7.63. The quantitative estimate of drug-likeness (QED) is 0.427. The standard InChI is InChI=1S/C19H18N6/c1-15(9-14-24(20)17-6-11-21-12-7-17)16(2)18-8-13-23-25(18)19-5-3-4-10-22-19/h3-14H,1-2,20H2/b14-9-. The summed E-state index contributed by atoms with van der Waals surface area (Å²) in [7, 11) is 0. The first kappa shape index (κ1) is 16.4. The number of nitrogens with zero attached hydrogens (tertiary/aromatic N) is 5. The fourth-order valence-corrected chi connectivity index (χ4v) is 2.23. The summed E-state index contributed by atoms with van der Waals surface area (Å²) < 4.78 is 1.73. The van der Waals surface area contributed by atoms with Crippen molar-refractivity contribution >= 4 is 11.3 Å². The molecule has 3 aromatic heterocycles. The summed E-state index contributed by atoms with van der Waals surface area (Å²) in [5, 5.41) is 5.82. The molecule has 0 aliphatic heterocycles. The summed E-state index contributed by atoms with van der Waals surface area (Å²) in [6.45, 7) is 8.19. The second-order valence-electron chi connectivity index (χ2n) is 5.25. The lowest BCUT2D eigenvalue weighted by Gasteiger charge is -2.14. The van der Waals surface area contributed by atoms with E-state index in [1.807, 2.05) is 36.4 Å². The molecule has 0 radical (unpaired) electrons. The monoisotopic (exact) mass is 330 g/mol. The van der Waals surface area contributed by atoms with Crippen LogP contribution in [0.2, 0.25) is 0 Å². The molecule has 0 aliphatic rings. The molecule has 0 amide bonds. The maximum atomic E-state index is 6.00. The zero-order valence-corrected chi connectivity index (χ0v) is 13.7. The SMILES string of the molecule is C=C(/C=C\N(N)c1ccncc1)C(=C)c1ccnn1-c1ccccn1. The minimum atomic E-state index is 0.720. The van der Waals surface area contributed by atoms with Crippen LogP contribution in [0, 0.1) is 0 Å². The van der Waals surface area contributed by atoms with Crippen molar-refractivity contribution in [3.05, 3.63) is 97.9 Å². The number of nitrogens with two attached hydrogens (primary N) is 1. The van der Waals surface area contributed by atoms with Gasteiger partial charge in [-0.25, -0.2) is 15.5 Å². The average Bonchev–Trinajstić information content (AvgIpc) is 3.16. The average molecular weight is 330 g/mol. The molecule has 124 valence electrons. The molecule has 6 heteroatoms. The number of aromatic nitrogens is 4. The highest BCUT2D eigenvalue weighted by molar-refractivity contribution is 5.78. The van der Waals surface area contributed by atoms with E-state index >= 15 is 0 Å². The van der Waals surface area contributed by atoms with E-state index in [1.165, 1.54) is 5.01 Å². The number of rotatable bonds is 6. The van der Waals surface area contributed by atoms with Gasteiger partial charge in [0.15, 0.2) is 5.82 Å². The van der Waals surface area contributed by atoms with E-state index in [9.17, 15) is 0 Å². The van der Waals surface area contributed by atoms with Gasteiger partial charge in [-0.1, -0.05) is 19.2 Å². The lowest BCUT2D eigenvalue weighted by atomic mass is 10.1. The van der Waals surface area contributed by atoms with Crippen LogP contribution >= 0.6 is 0 Å². The first-order valence-corrected chi connectivity index (χ1v) is 7.63. The molecule has 0 bridgehead atoms. The molecule has 2 N–H and O–H groups in total. The number of pyridine rings is 2. The van der Waals surface area contributed by atoms with E-state index in [0.717, 1.165) is 28.3 Å². The normalized spacial score (nSPS) is 10.8. The molecular formula is C19H18N6. The van der Waals surface area contributed by atoms with E-state index < -0.39 is 0 Å². The minimum Gasteiger partial charge on any atom is -0.287 e. The largest absolute Gasteiger partial charge is 0.287 e. The molecule has 0 unspecified atom stereocenters. The molecule has 0 atom stereocenters. The van der Waals surface area contributed by atoms with Gasteiger partial charge in [-0.3, -0.25) is 9.99 Å². The molecular weight excluding hydrogens is 312 g/mol. The molecule has 25 heavy (non-hydrogen) atoms. The van der Waals surface area contributed by atoms with Gasteiger partial charge in [0, 0.05) is 24.8 Å². The number of hydrogen-bond donors (Lipinski definition) is 1. The molecule has 3 heterocycles. The van der Waals surface area contributed by atoms with E-state index in [0.29, 0.717) is 0 Å². The van der Waals surface area contributed by atoms with Crippen molar-refractivity contribution in [2.24, 2.45) is 5.84 Å². The predicted molar refractivity (Wildman–Crippen MR) is 99.6 cm³/mol. The fraction of sp³-hybridized carbons (Fsp3) is 0. The maximum absolute atomic E-state index is 6.00. The molecule has 0 aliphatic carbocycles. The molecule has 0 aromatic carbocycles. The van der Waals surface area contributed by atoms with Gasteiger partial charge in [-0.05, 0) is 47.6 Å². The lowest BCUT2D eigenvalue weighted by molar-refractivity contribution is 0.835. The smallest absolute Gasteiger partial charge is 0.153 e. The van der Waals surface area contributed by atoms with Crippen molar-refractivity contribution in [1.82, 2.24) is 19.7 Å². The molecule has 0 saturated carbocycles. The second kappa shape index (κ2) is 7.37. The topological polar surface area (TPSA) is 72.9 Å². The van der Waals surface area contributed by atoms with Gasteiger partial charge < -0.3 is 0 Å². The van der Waals surface area contributed by atoms with Gasteiger partial charge in [0.1, 0.15) is 0 Å². The first-order chi connectivity index (χ1) is 12.2. The molecule has 6 nitrogen and oxygen atoms in total. The highest BCUT2D eigenvalue weighted by Crippen LogP contribution is 2.23. The van der Waals surface area contributed by atoms with Gasteiger partial charge in [0.2, 0.25) is 0 Å². The third kappa shape index (κ3) is 3.70. The van der Waals surface area contributed by atoms with Crippen molar-refractivity contribution in [2.75, 3.05) is 5.01 Å². The van der Waals surface area contributed by atoms with Crippen molar-refractivity contribution in [1.29, 1.82) is 0 Å². The van der Waals surface area contributed by atoms with Gasteiger partial charge in [0.25, 0.3) is 0 Å². The summed E-state index contributed by atoms with van der Waals surface area (Å²) in [6.07, 6.45) is 10.3. The molecule has 0 saturated heterocycles. The molecule has 3 aromatic rings. The maximum Gasteiger partial charge on any atom is 0.153 e.